The van der Waals surface area contributed by atoms with Crippen LogP contribution in [0.1, 0.15) is 33.4 Å². The molecule has 96 valence electrons. The summed E-state index contributed by atoms with van der Waals surface area (Å²) in [6.45, 7) is 8.03. The van der Waals surface area contributed by atoms with E-state index in [4.69, 9.17) is 5.73 Å². The molecule has 5 heteroatoms. The number of nitrogens with two attached hydrogens (primary N) is 1. The third kappa shape index (κ3) is 3.30. The molecule has 0 unspecified atom stereocenters. The van der Waals surface area contributed by atoms with Crippen molar-refractivity contribution >= 4 is 5.91 Å². The summed E-state index contributed by atoms with van der Waals surface area (Å²) < 4.78 is 0. The summed E-state index contributed by atoms with van der Waals surface area (Å²) in [4.78, 5) is 18.9. The fourth-order valence-corrected chi connectivity index (χ4v) is 1.25. The van der Waals surface area contributed by atoms with Gasteiger partial charge in [0.2, 0.25) is 5.91 Å². The number of rotatable bonds is 5. The molecule has 0 aliphatic rings. The fourth-order valence-electron chi connectivity index (χ4n) is 1.25. The number of aromatic amines is 1. The summed E-state index contributed by atoms with van der Waals surface area (Å²) in [5, 5.41) is 2.90. The van der Waals surface area contributed by atoms with Gasteiger partial charge in [0.05, 0.1) is 11.7 Å². The number of hydrogen-bond donors (Lipinski definition) is 3. The van der Waals surface area contributed by atoms with Crippen LogP contribution in [0.5, 0.6) is 0 Å². The molecule has 4 N–H and O–H groups in total. The minimum absolute atomic E-state index is 0.0236. The Hall–Kier alpha value is -1.36. The van der Waals surface area contributed by atoms with Crippen molar-refractivity contribution in [3.63, 3.8) is 0 Å². The molecule has 0 saturated heterocycles. The molecule has 1 amide bonds. The van der Waals surface area contributed by atoms with Crippen LogP contribution >= 0.6 is 0 Å². The number of hydrogen-bond acceptors (Lipinski definition) is 3. The van der Waals surface area contributed by atoms with Crippen LogP contribution in [0.15, 0.2) is 12.5 Å². The van der Waals surface area contributed by atoms with Crippen LogP contribution in [-0.4, -0.2) is 28.0 Å². The van der Waals surface area contributed by atoms with Gasteiger partial charge in [-0.25, -0.2) is 4.98 Å². The van der Waals surface area contributed by atoms with Gasteiger partial charge in [-0.05, 0) is 27.7 Å². The lowest BCUT2D eigenvalue weighted by Crippen LogP contribution is -2.55. The highest BCUT2D eigenvalue weighted by Gasteiger charge is 2.40. The minimum Gasteiger partial charge on any atom is -0.355 e. The van der Waals surface area contributed by atoms with Gasteiger partial charge in [0, 0.05) is 30.4 Å². The number of carbonyl (C=O) groups excluding carboxylic acids is 1. The van der Waals surface area contributed by atoms with Gasteiger partial charge in [-0.1, -0.05) is 0 Å². The standard InChI is InChI=1S/C12H22N4O/c1-11(2,12(3,4)13)10(17)15-6-5-9-7-14-8-16-9/h7-8H,5-6,13H2,1-4H3,(H,14,16)(H,15,17). The Balaban J connectivity index is 2.45. The second-order valence-corrected chi connectivity index (χ2v) is 5.43. The van der Waals surface area contributed by atoms with Crippen LogP contribution in [0, 0.1) is 5.41 Å². The molecule has 1 rings (SSSR count). The fraction of sp³-hybridized carbons (Fsp3) is 0.667. The average molecular weight is 238 g/mol. The molecule has 0 aromatic carbocycles. The summed E-state index contributed by atoms with van der Waals surface area (Å²) in [5.41, 5.74) is 5.87. The lowest BCUT2D eigenvalue weighted by Gasteiger charge is -2.36. The normalized spacial score (nSPS) is 12.5. The second-order valence-electron chi connectivity index (χ2n) is 5.43. The van der Waals surface area contributed by atoms with Crippen LogP contribution < -0.4 is 11.1 Å². The van der Waals surface area contributed by atoms with Gasteiger partial charge in [-0.15, -0.1) is 0 Å². The first kappa shape index (κ1) is 13.7. The SMILES string of the molecule is CC(C)(N)C(C)(C)C(=O)NCCc1cnc[nH]1. The van der Waals surface area contributed by atoms with E-state index in [0.717, 1.165) is 12.1 Å². The maximum Gasteiger partial charge on any atom is 0.227 e. The number of carbonyl (C=O) groups is 1. The molecule has 0 spiro atoms. The maximum atomic E-state index is 12.0. The largest absolute Gasteiger partial charge is 0.355 e. The molecule has 0 bridgehead atoms. The lowest BCUT2D eigenvalue weighted by molar-refractivity contribution is -0.132. The summed E-state index contributed by atoms with van der Waals surface area (Å²) in [6.07, 6.45) is 4.13. The molecule has 0 saturated carbocycles. The van der Waals surface area contributed by atoms with Gasteiger partial charge < -0.3 is 16.0 Å². The van der Waals surface area contributed by atoms with E-state index in [0.29, 0.717) is 6.54 Å². The molecule has 0 fully saturated rings. The Labute approximate surface area is 102 Å². The highest BCUT2D eigenvalue weighted by atomic mass is 16.2. The first-order chi connectivity index (χ1) is 7.75. The van der Waals surface area contributed by atoms with Crippen molar-refractivity contribution < 1.29 is 4.79 Å². The van der Waals surface area contributed by atoms with Crippen LogP contribution in [0.25, 0.3) is 0 Å². The molecule has 1 aromatic heterocycles. The van der Waals surface area contributed by atoms with E-state index in [1.54, 1.807) is 12.5 Å². The molecule has 1 heterocycles. The molecule has 0 aliphatic heterocycles. The van der Waals surface area contributed by atoms with E-state index in [1.807, 2.05) is 27.7 Å². The predicted octanol–water partition coefficient (Wildman–Crippen LogP) is 0.832. The van der Waals surface area contributed by atoms with Gasteiger partial charge in [-0.3, -0.25) is 4.79 Å². The van der Waals surface area contributed by atoms with Crippen molar-refractivity contribution in [3.05, 3.63) is 18.2 Å². The number of aromatic nitrogens is 2. The lowest BCUT2D eigenvalue weighted by atomic mass is 9.74. The predicted molar refractivity (Wildman–Crippen MR) is 67.3 cm³/mol. The molecule has 1 aromatic rings. The summed E-state index contributed by atoms with van der Waals surface area (Å²) in [7, 11) is 0. The topological polar surface area (TPSA) is 83.8 Å². The number of nitrogens with one attached hydrogen (secondary N) is 2. The Kier molecular flexibility index (Phi) is 3.93. The Bertz CT molecular complexity index is 362. The molecule has 0 atom stereocenters. The van der Waals surface area contributed by atoms with Gasteiger partial charge in [-0.2, -0.15) is 0 Å². The second kappa shape index (κ2) is 4.87. The minimum atomic E-state index is -0.596. The van der Waals surface area contributed by atoms with Crippen molar-refractivity contribution in [3.8, 4) is 0 Å². The zero-order chi connectivity index (χ0) is 13.1. The number of imidazole rings is 1. The van der Waals surface area contributed by atoms with E-state index in [1.165, 1.54) is 0 Å². The number of nitrogens with zero attached hydrogens (tertiary/aromatic N) is 1. The molecule has 5 nitrogen and oxygen atoms in total. The highest BCUT2D eigenvalue weighted by Crippen LogP contribution is 2.28. The zero-order valence-electron chi connectivity index (χ0n) is 11.0. The van der Waals surface area contributed by atoms with Crippen LogP contribution in [0.4, 0.5) is 0 Å². The van der Waals surface area contributed by atoms with Crippen molar-refractivity contribution in [1.29, 1.82) is 0 Å². The third-order valence-corrected chi connectivity index (χ3v) is 3.41. The van der Waals surface area contributed by atoms with Gasteiger partial charge in [0.25, 0.3) is 0 Å². The number of amides is 1. The van der Waals surface area contributed by atoms with Gasteiger partial charge >= 0.3 is 0 Å². The van der Waals surface area contributed by atoms with Crippen molar-refractivity contribution in [2.75, 3.05) is 6.54 Å². The maximum absolute atomic E-state index is 12.0. The molecule has 17 heavy (non-hydrogen) atoms. The molecular weight excluding hydrogens is 216 g/mol. The number of H-pyrrole nitrogens is 1. The molecule has 0 radical (unpaired) electrons. The Morgan fingerprint density at radius 2 is 2.12 bits per heavy atom. The highest BCUT2D eigenvalue weighted by molar-refractivity contribution is 5.83. The summed E-state index contributed by atoms with van der Waals surface area (Å²) >= 11 is 0. The van der Waals surface area contributed by atoms with E-state index >= 15 is 0 Å². The zero-order valence-corrected chi connectivity index (χ0v) is 11.0. The van der Waals surface area contributed by atoms with Crippen molar-refractivity contribution in [2.45, 2.75) is 39.7 Å². The third-order valence-electron chi connectivity index (χ3n) is 3.41. The van der Waals surface area contributed by atoms with E-state index < -0.39 is 11.0 Å². The summed E-state index contributed by atoms with van der Waals surface area (Å²) in [5.74, 6) is -0.0236. The Morgan fingerprint density at radius 3 is 2.59 bits per heavy atom. The monoisotopic (exact) mass is 238 g/mol. The molecular formula is C12H22N4O. The summed E-state index contributed by atoms with van der Waals surface area (Å²) in [6, 6.07) is 0. The van der Waals surface area contributed by atoms with E-state index in [-0.39, 0.29) is 5.91 Å². The van der Waals surface area contributed by atoms with Gasteiger partial charge in [0.1, 0.15) is 0 Å². The smallest absolute Gasteiger partial charge is 0.227 e. The first-order valence-electron chi connectivity index (χ1n) is 5.79. The molecule has 0 aliphatic carbocycles. The van der Waals surface area contributed by atoms with Crippen LogP contribution in [-0.2, 0) is 11.2 Å². The van der Waals surface area contributed by atoms with Crippen molar-refractivity contribution in [1.82, 2.24) is 15.3 Å². The van der Waals surface area contributed by atoms with Gasteiger partial charge in [0.15, 0.2) is 0 Å². The van der Waals surface area contributed by atoms with Crippen LogP contribution in [0.2, 0.25) is 0 Å². The quantitative estimate of drug-likeness (QED) is 0.710. The average Bonchev–Trinajstić information content (AvgIpc) is 2.68. The van der Waals surface area contributed by atoms with Crippen molar-refractivity contribution in [2.24, 2.45) is 11.1 Å². The Morgan fingerprint density at radius 1 is 1.47 bits per heavy atom. The first-order valence-corrected chi connectivity index (χ1v) is 5.79. The van der Waals surface area contributed by atoms with E-state index in [2.05, 4.69) is 15.3 Å². The van der Waals surface area contributed by atoms with Crippen LogP contribution in [0.3, 0.4) is 0 Å². The van der Waals surface area contributed by atoms with E-state index in [9.17, 15) is 4.79 Å².